The second-order valence-corrected chi connectivity index (χ2v) is 8.21. The van der Waals surface area contributed by atoms with Gasteiger partial charge in [0.1, 0.15) is 0 Å². The molecule has 0 aliphatic carbocycles. The van der Waals surface area contributed by atoms with Crippen molar-refractivity contribution in [2.24, 2.45) is 4.99 Å². The zero-order chi connectivity index (χ0) is 18.3. The average Bonchev–Trinajstić information content (AvgIpc) is 3.32. The van der Waals surface area contributed by atoms with Gasteiger partial charge in [-0.1, -0.05) is 35.6 Å². The van der Waals surface area contributed by atoms with Gasteiger partial charge >= 0.3 is 0 Å². The number of nitrogens with zero attached hydrogens (tertiary/aromatic N) is 2. The zero-order valence-electron chi connectivity index (χ0n) is 13.6. The van der Waals surface area contributed by atoms with E-state index < -0.39 is 0 Å². The van der Waals surface area contributed by atoms with Crippen LogP contribution < -0.4 is 5.43 Å². The molecule has 0 bridgehead atoms. The Kier molecular flexibility index (Phi) is 4.31. The van der Waals surface area contributed by atoms with Gasteiger partial charge in [0.15, 0.2) is 3.95 Å². The molecule has 1 amide bonds. The van der Waals surface area contributed by atoms with Gasteiger partial charge < -0.3 is 5.11 Å². The molecule has 0 radical (unpaired) electrons. The van der Waals surface area contributed by atoms with Crippen molar-refractivity contribution in [1.82, 2.24) is 4.68 Å². The summed E-state index contributed by atoms with van der Waals surface area (Å²) in [5.41, 5.74) is 6.37. The first-order chi connectivity index (χ1) is 12.5. The van der Waals surface area contributed by atoms with Gasteiger partial charge in [0.2, 0.25) is 5.88 Å². The Morgan fingerprint density at radius 1 is 1.31 bits per heavy atom. The number of carbonyl (C=O) groups excluding carboxylic acids is 1. The minimum absolute atomic E-state index is 0.0883. The fraction of sp³-hybridized carbons (Fsp3) is 0.0556. The van der Waals surface area contributed by atoms with Crippen molar-refractivity contribution < 1.29 is 9.90 Å². The fourth-order valence-corrected chi connectivity index (χ4v) is 4.47. The molecule has 0 spiro atoms. The van der Waals surface area contributed by atoms with Gasteiger partial charge in [0, 0.05) is 16.8 Å². The van der Waals surface area contributed by atoms with Gasteiger partial charge in [0.05, 0.1) is 15.4 Å². The summed E-state index contributed by atoms with van der Waals surface area (Å²) in [6.07, 6.45) is 1.86. The Morgan fingerprint density at radius 2 is 2.12 bits per heavy atom. The monoisotopic (exact) mass is 399 g/mol. The number of aromatic hydroxyl groups is 1. The molecular weight excluding hydrogens is 386 g/mol. The van der Waals surface area contributed by atoms with Crippen molar-refractivity contribution in [3.63, 3.8) is 0 Å². The Labute approximate surface area is 162 Å². The van der Waals surface area contributed by atoms with E-state index in [-0.39, 0.29) is 11.8 Å². The number of allylic oxidation sites excluding steroid dienone is 1. The molecule has 2 aromatic heterocycles. The summed E-state index contributed by atoms with van der Waals surface area (Å²) in [6.45, 7) is 1.93. The van der Waals surface area contributed by atoms with Crippen LogP contribution in [-0.2, 0) is 0 Å². The fourth-order valence-electron chi connectivity index (χ4n) is 2.69. The zero-order valence-corrected chi connectivity index (χ0v) is 16.0. The molecule has 0 saturated heterocycles. The molecule has 0 fully saturated rings. The largest absolute Gasteiger partial charge is 0.492 e. The summed E-state index contributed by atoms with van der Waals surface area (Å²) in [5, 5.41) is 12.4. The van der Waals surface area contributed by atoms with Crippen molar-refractivity contribution in [1.29, 1.82) is 0 Å². The number of para-hydroxylation sites is 1. The van der Waals surface area contributed by atoms with E-state index >= 15 is 0 Å². The topological polar surface area (TPSA) is 66.6 Å². The molecule has 0 unspecified atom stereocenters. The number of carbonyl (C=O) groups is 1. The molecule has 1 aliphatic rings. The van der Waals surface area contributed by atoms with Crippen molar-refractivity contribution in [2.45, 2.75) is 6.92 Å². The van der Waals surface area contributed by atoms with Gasteiger partial charge in [0.25, 0.3) is 5.91 Å². The molecule has 1 aromatic carbocycles. The maximum absolute atomic E-state index is 12.2. The van der Waals surface area contributed by atoms with E-state index in [1.165, 1.54) is 27.3 Å². The van der Waals surface area contributed by atoms with Crippen LogP contribution in [0.2, 0.25) is 0 Å². The second kappa shape index (κ2) is 6.64. The Morgan fingerprint density at radius 3 is 2.88 bits per heavy atom. The van der Waals surface area contributed by atoms with Crippen molar-refractivity contribution in [3.8, 4) is 5.88 Å². The molecule has 3 heterocycles. The highest BCUT2D eigenvalue weighted by Gasteiger charge is 2.20. The number of aromatic nitrogens is 1. The summed E-state index contributed by atoms with van der Waals surface area (Å²) in [7, 11) is 0. The van der Waals surface area contributed by atoms with Gasteiger partial charge in [-0.15, -0.1) is 11.3 Å². The van der Waals surface area contributed by atoms with Gasteiger partial charge in [-0.2, -0.15) is 4.68 Å². The lowest BCUT2D eigenvalue weighted by atomic mass is 10.0. The summed E-state index contributed by atoms with van der Waals surface area (Å²) >= 11 is 7.86. The quantitative estimate of drug-likeness (QED) is 0.604. The van der Waals surface area contributed by atoms with E-state index in [0.717, 1.165) is 22.5 Å². The Bertz CT molecular complexity index is 1120. The third-order valence-electron chi connectivity index (χ3n) is 3.92. The van der Waals surface area contributed by atoms with Gasteiger partial charge in [-0.25, -0.2) is 0 Å². The predicted molar refractivity (Wildman–Crippen MR) is 110 cm³/mol. The van der Waals surface area contributed by atoms with Crippen molar-refractivity contribution in [2.75, 3.05) is 5.43 Å². The number of thiophene rings is 1. The van der Waals surface area contributed by atoms with E-state index in [9.17, 15) is 9.90 Å². The summed E-state index contributed by atoms with van der Waals surface area (Å²) in [5.74, 6) is -0.401. The van der Waals surface area contributed by atoms with Crippen molar-refractivity contribution in [3.05, 3.63) is 61.1 Å². The Hall–Kier alpha value is -2.55. The number of nitrogens with one attached hydrogen (secondary N) is 1. The molecule has 2 N–H and O–H groups in total. The third-order valence-corrected chi connectivity index (χ3v) is 6.10. The lowest BCUT2D eigenvalue weighted by molar-refractivity contribution is 0.101. The SMILES string of the molecule is CC1=Nc2ccccc2C1=Cc1sc(=S)n(NC(=O)c2cccs2)c1O. The maximum atomic E-state index is 12.2. The molecule has 130 valence electrons. The van der Waals surface area contributed by atoms with E-state index in [4.69, 9.17) is 12.2 Å². The number of aliphatic imine (C=N–C) groups is 1. The van der Waals surface area contributed by atoms with Crippen LogP contribution in [0.3, 0.4) is 0 Å². The van der Waals surface area contributed by atoms with Crippen LogP contribution in [0, 0.1) is 3.95 Å². The van der Waals surface area contributed by atoms with Gasteiger partial charge in [-0.3, -0.25) is 15.2 Å². The number of thiazole rings is 1. The van der Waals surface area contributed by atoms with Crippen LogP contribution in [0.25, 0.3) is 11.6 Å². The lowest BCUT2D eigenvalue weighted by Gasteiger charge is -2.06. The number of amides is 1. The van der Waals surface area contributed by atoms with Crippen LogP contribution in [0.1, 0.15) is 27.0 Å². The molecule has 26 heavy (non-hydrogen) atoms. The molecule has 4 rings (SSSR count). The standard InChI is InChI=1S/C18H13N3O2S3/c1-10-12(11-5-2-3-6-13(11)19-10)9-15-17(23)21(18(24)26-15)20-16(22)14-7-4-8-25-14/h2-9,23H,1H3,(H,20,22). The highest BCUT2D eigenvalue weighted by molar-refractivity contribution is 7.73. The van der Waals surface area contributed by atoms with E-state index in [0.29, 0.717) is 13.7 Å². The minimum atomic E-state index is -0.313. The van der Waals surface area contributed by atoms with Crippen LogP contribution in [0.5, 0.6) is 5.88 Å². The van der Waals surface area contributed by atoms with Crippen LogP contribution >= 0.6 is 34.9 Å². The maximum Gasteiger partial charge on any atom is 0.280 e. The smallest absolute Gasteiger partial charge is 0.280 e. The summed E-state index contributed by atoms with van der Waals surface area (Å²) in [4.78, 5) is 17.9. The third kappa shape index (κ3) is 2.92. The second-order valence-electron chi connectivity index (χ2n) is 5.58. The highest BCUT2D eigenvalue weighted by Crippen LogP contribution is 2.38. The number of hydrogen-bond donors (Lipinski definition) is 2. The normalized spacial score (nSPS) is 14.3. The van der Waals surface area contributed by atoms with Crippen LogP contribution in [0.15, 0.2) is 46.8 Å². The number of hydrogen-bond acceptors (Lipinski definition) is 6. The lowest BCUT2D eigenvalue weighted by Crippen LogP contribution is -2.21. The molecule has 3 aromatic rings. The molecule has 1 aliphatic heterocycles. The highest BCUT2D eigenvalue weighted by atomic mass is 32.1. The van der Waals surface area contributed by atoms with E-state index in [2.05, 4.69) is 10.4 Å². The van der Waals surface area contributed by atoms with Gasteiger partial charge in [-0.05, 0) is 42.7 Å². The summed E-state index contributed by atoms with van der Waals surface area (Å²) in [6, 6.07) is 11.3. The van der Waals surface area contributed by atoms with Crippen LogP contribution in [-0.4, -0.2) is 21.4 Å². The molecule has 0 atom stereocenters. The summed E-state index contributed by atoms with van der Waals surface area (Å²) < 4.78 is 1.60. The minimum Gasteiger partial charge on any atom is -0.492 e. The number of rotatable bonds is 3. The number of fused-ring (bicyclic) bond motifs is 1. The first kappa shape index (κ1) is 16.9. The molecular formula is C18H13N3O2S3. The van der Waals surface area contributed by atoms with Crippen LogP contribution in [0.4, 0.5) is 5.69 Å². The first-order valence-electron chi connectivity index (χ1n) is 7.71. The Balaban J connectivity index is 1.71. The number of benzene rings is 1. The van der Waals surface area contributed by atoms with E-state index in [1.54, 1.807) is 12.1 Å². The molecule has 8 heteroatoms. The van der Waals surface area contributed by atoms with E-state index in [1.807, 2.05) is 42.6 Å². The average molecular weight is 400 g/mol. The first-order valence-corrected chi connectivity index (χ1v) is 9.81. The van der Waals surface area contributed by atoms with Crippen molar-refractivity contribution >= 4 is 63.8 Å². The molecule has 0 saturated carbocycles. The predicted octanol–water partition coefficient (Wildman–Crippen LogP) is 5.08. The molecule has 5 nitrogen and oxygen atoms in total.